The van der Waals surface area contributed by atoms with Crippen molar-refractivity contribution in [2.24, 2.45) is 11.8 Å². The lowest BCUT2D eigenvalue weighted by Crippen LogP contribution is -2.44. The summed E-state index contributed by atoms with van der Waals surface area (Å²) < 4.78 is 5.72. The standard InChI is InChI=1S/C23H23Cl2NO6/c24-18-2-1-3-19(25)17(18)12-32-16-8-4-13(5-9-16)10-20(23(30)31)26-21(27)14-6-7-15(11-14)22(28)29/h1-5,8-9,14-15,20H,6-7,10-12H2,(H,26,27)(H,28,29)(H,30,31)/t14?,15?,20-/m0/s1. The molecule has 0 heterocycles. The average molecular weight is 480 g/mol. The second kappa shape index (κ2) is 10.7. The van der Waals surface area contributed by atoms with Crippen LogP contribution in [0, 0.1) is 11.8 Å². The summed E-state index contributed by atoms with van der Waals surface area (Å²) in [7, 11) is 0. The number of carboxylic acids is 2. The van der Waals surface area contributed by atoms with Crippen LogP contribution in [0.25, 0.3) is 0 Å². The molecule has 1 amide bonds. The molecule has 3 N–H and O–H groups in total. The number of benzene rings is 2. The zero-order valence-electron chi connectivity index (χ0n) is 17.1. The van der Waals surface area contributed by atoms with Crippen LogP contribution in [0.2, 0.25) is 10.0 Å². The summed E-state index contributed by atoms with van der Waals surface area (Å²) in [6.45, 7) is 0.185. The molecule has 0 aliphatic heterocycles. The highest BCUT2D eigenvalue weighted by molar-refractivity contribution is 6.35. The minimum atomic E-state index is -1.15. The fourth-order valence-electron chi connectivity index (χ4n) is 3.72. The molecule has 0 spiro atoms. The highest BCUT2D eigenvalue weighted by Gasteiger charge is 2.35. The van der Waals surface area contributed by atoms with E-state index in [1.54, 1.807) is 42.5 Å². The third-order valence-electron chi connectivity index (χ3n) is 5.58. The summed E-state index contributed by atoms with van der Waals surface area (Å²) in [5.74, 6) is -2.97. The zero-order chi connectivity index (χ0) is 23.3. The maximum Gasteiger partial charge on any atom is 0.326 e. The van der Waals surface area contributed by atoms with E-state index in [0.29, 0.717) is 39.8 Å². The number of rotatable bonds is 9. The third kappa shape index (κ3) is 6.14. The second-order valence-electron chi connectivity index (χ2n) is 7.78. The Morgan fingerprint density at radius 3 is 2.19 bits per heavy atom. The Morgan fingerprint density at radius 1 is 1.00 bits per heavy atom. The van der Waals surface area contributed by atoms with Crippen LogP contribution >= 0.6 is 23.2 Å². The summed E-state index contributed by atoms with van der Waals surface area (Å²) in [5.41, 5.74) is 1.38. The van der Waals surface area contributed by atoms with Crippen molar-refractivity contribution in [1.82, 2.24) is 5.32 Å². The molecule has 0 saturated heterocycles. The maximum absolute atomic E-state index is 12.4. The topological polar surface area (TPSA) is 113 Å². The van der Waals surface area contributed by atoms with Crippen molar-refractivity contribution in [3.8, 4) is 5.75 Å². The molecule has 2 aromatic rings. The zero-order valence-corrected chi connectivity index (χ0v) is 18.6. The van der Waals surface area contributed by atoms with Crippen molar-refractivity contribution in [2.45, 2.75) is 38.3 Å². The van der Waals surface area contributed by atoms with E-state index >= 15 is 0 Å². The van der Waals surface area contributed by atoms with Gasteiger partial charge in [-0.05, 0) is 49.1 Å². The minimum Gasteiger partial charge on any atom is -0.489 e. The molecule has 2 aromatic carbocycles. The van der Waals surface area contributed by atoms with Gasteiger partial charge in [0.15, 0.2) is 0 Å². The summed E-state index contributed by atoms with van der Waals surface area (Å²) in [6.07, 6.45) is 1.18. The minimum absolute atomic E-state index is 0.0901. The van der Waals surface area contributed by atoms with Crippen LogP contribution in [0.15, 0.2) is 42.5 Å². The van der Waals surface area contributed by atoms with Crippen molar-refractivity contribution in [2.75, 3.05) is 0 Å². The predicted molar refractivity (Wildman–Crippen MR) is 119 cm³/mol. The van der Waals surface area contributed by atoms with Crippen molar-refractivity contribution >= 4 is 41.0 Å². The van der Waals surface area contributed by atoms with Gasteiger partial charge in [-0.15, -0.1) is 0 Å². The highest BCUT2D eigenvalue weighted by Crippen LogP contribution is 2.31. The lowest BCUT2D eigenvalue weighted by molar-refractivity contribution is -0.143. The van der Waals surface area contributed by atoms with Crippen LogP contribution in [0.1, 0.15) is 30.4 Å². The van der Waals surface area contributed by atoms with Gasteiger partial charge in [0.2, 0.25) is 5.91 Å². The van der Waals surface area contributed by atoms with E-state index in [2.05, 4.69) is 5.32 Å². The molecule has 7 nitrogen and oxygen atoms in total. The normalized spacial score (nSPS) is 18.7. The number of nitrogens with one attached hydrogen (secondary N) is 1. The predicted octanol–water partition coefficient (Wildman–Crippen LogP) is 4.19. The van der Waals surface area contributed by atoms with Gasteiger partial charge >= 0.3 is 11.9 Å². The van der Waals surface area contributed by atoms with Crippen molar-refractivity contribution < 1.29 is 29.3 Å². The molecular weight excluding hydrogens is 457 g/mol. The fourth-order valence-corrected chi connectivity index (χ4v) is 4.22. The van der Waals surface area contributed by atoms with E-state index in [1.807, 2.05) is 0 Å². The van der Waals surface area contributed by atoms with Crippen LogP contribution in [0.4, 0.5) is 0 Å². The van der Waals surface area contributed by atoms with Gasteiger partial charge in [0.1, 0.15) is 18.4 Å². The second-order valence-corrected chi connectivity index (χ2v) is 8.60. The molecule has 0 radical (unpaired) electrons. The summed E-state index contributed by atoms with van der Waals surface area (Å²) in [6, 6.07) is 10.9. The van der Waals surface area contributed by atoms with Crippen molar-refractivity contribution in [3.05, 3.63) is 63.6 Å². The number of amides is 1. The molecule has 3 rings (SSSR count). The monoisotopic (exact) mass is 479 g/mol. The van der Waals surface area contributed by atoms with Gasteiger partial charge < -0.3 is 20.3 Å². The van der Waals surface area contributed by atoms with Crippen molar-refractivity contribution in [3.63, 3.8) is 0 Å². The fraction of sp³-hybridized carbons (Fsp3) is 0.348. The largest absolute Gasteiger partial charge is 0.489 e. The van der Waals surface area contributed by atoms with E-state index in [9.17, 15) is 19.5 Å². The number of carbonyl (C=O) groups is 3. The lowest BCUT2D eigenvalue weighted by atomic mass is 10.0. The number of halogens is 2. The molecule has 0 aromatic heterocycles. The molecule has 1 saturated carbocycles. The van der Waals surface area contributed by atoms with Crippen molar-refractivity contribution in [1.29, 1.82) is 0 Å². The van der Waals surface area contributed by atoms with E-state index < -0.39 is 35.7 Å². The highest BCUT2D eigenvalue weighted by atomic mass is 35.5. The molecule has 32 heavy (non-hydrogen) atoms. The smallest absolute Gasteiger partial charge is 0.326 e. The first-order chi connectivity index (χ1) is 15.2. The molecule has 1 fully saturated rings. The van der Waals surface area contributed by atoms with E-state index in [1.165, 1.54) is 0 Å². The van der Waals surface area contributed by atoms with Gasteiger partial charge in [-0.1, -0.05) is 41.4 Å². The number of hydrogen-bond donors (Lipinski definition) is 3. The molecule has 2 unspecified atom stereocenters. The number of carboxylic acid groups (broad SMARTS) is 2. The molecule has 9 heteroatoms. The number of aliphatic carboxylic acids is 2. The van der Waals surface area contributed by atoms with Crippen LogP contribution in [0.3, 0.4) is 0 Å². The first kappa shape index (κ1) is 23.9. The van der Waals surface area contributed by atoms with Gasteiger partial charge in [0.05, 0.1) is 5.92 Å². The Morgan fingerprint density at radius 2 is 1.62 bits per heavy atom. The van der Waals surface area contributed by atoms with E-state index in [0.717, 1.165) is 0 Å². The van der Waals surface area contributed by atoms with Gasteiger partial charge in [0, 0.05) is 27.9 Å². The SMILES string of the molecule is O=C(O)C1CCC(C(=O)N[C@@H](Cc2ccc(OCc3c(Cl)cccc3Cl)cc2)C(=O)O)C1. The summed E-state index contributed by atoms with van der Waals surface area (Å²) in [5, 5.41) is 22.2. The number of carbonyl (C=O) groups excluding carboxylic acids is 1. The maximum atomic E-state index is 12.4. The summed E-state index contributed by atoms with van der Waals surface area (Å²) in [4.78, 5) is 35.2. The summed E-state index contributed by atoms with van der Waals surface area (Å²) >= 11 is 12.3. The Bertz CT molecular complexity index is 974. The Hall–Kier alpha value is -2.77. The van der Waals surface area contributed by atoms with Crippen LogP contribution in [-0.2, 0) is 27.4 Å². The van der Waals surface area contributed by atoms with Gasteiger partial charge in [-0.3, -0.25) is 9.59 Å². The molecule has 1 aliphatic rings. The van der Waals surface area contributed by atoms with Gasteiger partial charge in [-0.25, -0.2) is 4.79 Å². The van der Waals surface area contributed by atoms with E-state index in [4.69, 9.17) is 33.0 Å². The Kier molecular flexibility index (Phi) is 7.99. The van der Waals surface area contributed by atoms with Crippen LogP contribution in [-0.4, -0.2) is 34.1 Å². The first-order valence-electron chi connectivity index (χ1n) is 10.1. The quantitative estimate of drug-likeness (QED) is 0.496. The molecule has 170 valence electrons. The average Bonchev–Trinajstić information content (AvgIpc) is 3.25. The first-order valence-corrected chi connectivity index (χ1v) is 10.9. The molecule has 3 atom stereocenters. The third-order valence-corrected chi connectivity index (χ3v) is 6.28. The van der Waals surface area contributed by atoms with Gasteiger partial charge in [-0.2, -0.15) is 0 Å². The number of hydrogen-bond acceptors (Lipinski definition) is 4. The lowest BCUT2D eigenvalue weighted by Gasteiger charge is -2.18. The van der Waals surface area contributed by atoms with Crippen LogP contribution < -0.4 is 10.1 Å². The molecule has 0 bridgehead atoms. The van der Waals surface area contributed by atoms with E-state index in [-0.39, 0.29) is 19.4 Å². The van der Waals surface area contributed by atoms with Crippen LogP contribution in [0.5, 0.6) is 5.75 Å². The number of ether oxygens (including phenoxy) is 1. The molecular formula is C23H23Cl2NO6. The molecule has 1 aliphatic carbocycles. The van der Waals surface area contributed by atoms with Gasteiger partial charge in [0.25, 0.3) is 0 Å². The Balaban J connectivity index is 1.57. The Labute approximate surface area is 195 Å².